The zero-order chi connectivity index (χ0) is 28.8. The van der Waals surface area contributed by atoms with Gasteiger partial charge in [0.2, 0.25) is 0 Å². The number of hydrogen-bond acceptors (Lipinski definition) is 11. The van der Waals surface area contributed by atoms with Crippen molar-refractivity contribution in [3.05, 3.63) is 65.3 Å². The molecule has 2 aliphatic heterocycles. The summed E-state index contributed by atoms with van der Waals surface area (Å²) in [6.45, 7) is 3.40. The number of carbonyl (C=O) groups excluding carboxylic acids is 2. The van der Waals surface area contributed by atoms with Crippen molar-refractivity contribution >= 4 is 11.9 Å². The molecule has 1 aromatic rings. The van der Waals surface area contributed by atoms with Crippen LogP contribution in [0.2, 0.25) is 0 Å². The monoisotopic (exact) mass is 560 g/mol. The maximum Gasteiger partial charge on any atom is 0.334 e. The van der Waals surface area contributed by atoms with Crippen LogP contribution in [-0.4, -0.2) is 94.1 Å². The van der Waals surface area contributed by atoms with Gasteiger partial charge in [0.15, 0.2) is 6.29 Å². The summed E-state index contributed by atoms with van der Waals surface area (Å²) in [5, 5.41) is 49.2. The average molecular weight is 561 g/mol. The van der Waals surface area contributed by atoms with Crippen LogP contribution in [0.3, 0.4) is 0 Å². The van der Waals surface area contributed by atoms with Crippen LogP contribution < -0.4 is 0 Å². The number of benzene rings is 1. The Balaban J connectivity index is 1.41. The molecule has 0 radical (unpaired) electrons. The van der Waals surface area contributed by atoms with Crippen LogP contribution >= 0.6 is 0 Å². The predicted molar refractivity (Wildman–Crippen MR) is 140 cm³/mol. The highest BCUT2D eigenvalue weighted by atomic mass is 16.7. The molecule has 0 aromatic heterocycles. The molecule has 4 rings (SSSR count). The highest BCUT2D eigenvalue weighted by Crippen LogP contribution is 2.34. The van der Waals surface area contributed by atoms with Gasteiger partial charge in [-0.25, -0.2) is 4.79 Å². The van der Waals surface area contributed by atoms with Crippen molar-refractivity contribution in [2.75, 3.05) is 19.8 Å². The van der Waals surface area contributed by atoms with Crippen LogP contribution in [0.4, 0.5) is 0 Å². The topological polar surface area (TPSA) is 172 Å². The van der Waals surface area contributed by atoms with Crippen molar-refractivity contribution in [1.29, 1.82) is 0 Å². The van der Waals surface area contributed by atoms with E-state index in [0.717, 1.165) is 16.7 Å². The van der Waals surface area contributed by atoms with Gasteiger partial charge < -0.3 is 44.5 Å². The molecule has 40 heavy (non-hydrogen) atoms. The van der Waals surface area contributed by atoms with Crippen molar-refractivity contribution in [3.63, 3.8) is 0 Å². The summed E-state index contributed by atoms with van der Waals surface area (Å²) < 4.78 is 22.2. The lowest BCUT2D eigenvalue weighted by Crippen LogP contribution is -2.59. The first-order valence-corrected chi connectivity index (χ1v) is 13.3. The fourth-order valence-corrected chi connectivity index (χ4v) is 4.99. The number of aliphatic hydroxyl groups is 4. The number of esters is 2. The number of aliphatic hydroxyl groups excluding tert-OH is 4. The van der Waals surface area contributed by atoms with Crippen LogP contribution in [-0.2, 0) is 35.0 Å². The van der Waals surface area contributed by atoms with Crippen LogP contribution in [0.5, 0.6) is 5.75 Å². The molecule has 11 heteroatoms. The third-order valence-electron chi connectivity index (χ3n) is 7.41. The van der Waals surface area contributed by atoms with E-state index < -0.39 is 55.4 Å². The SMILES string of the molecule is C=C1C(=O)O[C@@H]2/C=C(/CO[C@H]3O[C@H](CO)[C@@H](O)[C@H](O)[C@H]3O)CC/C=C(/COC(=O)Cc3ccc(O)cc3)CC[C@H]12. The number of ether oxygens (including phenoxy) is 4. The molecular weight excluding hydrogens is 524 g/mol. The van der Waals surface area contributed by atoms with E-state index in [9.17, 15) is 35.1 Å². The minimum absolute atomic E-state index is 0.0271. The normalized spacial score (nSPS) is 33.6. The van der Waals surface area contributed by atoms with Gasteiger partial charge in [0.1, 0.15) is 42.9 Å². The molecule has 218 valence electrons. The van der Waals surface area contributed by atoms with Gasteiger partial charge in [0.25, 0.3) is 0 Å². The highest BCUT2D eigenvalue weighted by molar-refractivity contribution is 5.91. The van der Waals surface area contributed by atoms with Gasteiger partial charge in [-0.05, 0) is 60.6 Å². The zero-order valence-electron chi connectivity index (χ0n) is 22.1. The van der Waals surface area contributed by atoms with Gasteiger partial charge in [-0.3, -0.25) is 4.79 Å². The van der Waals surface area contributed by atoms with E-state index in [1.165, 1.54) is 12.1 Å². The maximum absolute atomic E-state index is 12.4. The Kier molecular flexibility index (Phi) is 10.1. The van der Waals surface area contributed by atoms with Gasteiger partial charge in [0.05, 0.1) is 19.6 Å². The van der Waals surface area contributed by atoms with Crippen LogP contribution in [0.15, 0.2) is 59.7 Å². The van der Waals surface area contributed by atoms with Gasteiger partial charge in [-0.15, -0.1) is 0 Å². The summed E-state index contributed by atoms with van der Waals surface area (Å²) >= 11 is 0. The summed E-state index contributed by atoms with van der Waals surface area (Å²) in [5.41, 5.74) is 2.72. The summed E-state index contributed by atoms with van der Waals surface area (Å²) in [6, 6.07) is 6.32. The standard InChI is InChI=1S/C29H36O11/c1-16-21-10-7-18(14-37-24(32)12-17-5-8-20(31)9-6-17)3-2-4-19(11-22(21)39-28(16)36)15-38-29-27(35)26(34)25(33)23(13-30)40-29/h3,5-6,8-9,11,21-23,25-27,29-31,33-35H,1-2,4,7,10,12-15H2/b18-3+,19-11+/t21-,22-,23-,25-,26+,27-,29+/m1/s1. The van der Waals surface area contributed by atoms with Gasteiger partial charge in [-0.2, -0.15) is 0 Å². The first kappa shape index (κ1) is 29.9. The average Bonchev–Trinajstić information content (AvgIpc) is 3.21. The number of allylic oxidation sites excluding steroid dienone is 1. The number of fused-ring (bicyclic) bond motifs is 1. The second kappa shape index (κ2) is 13.5. The summed E-state index contributed by atoms with van der Waals surface area (Å²) in [4.78, 5) is 24.7. The van der Waals surface area contributed by atoms with E-state index in [0.29, 0.717) is 31.3 Å². The lowest BCUT2D eigenvalue weighted by Gasteiger charge is -2.39. The number of phenolic OH excluding ortho intramolecular Hbond substituents is 1. The van der Waals surface area contributed by atoms with E-state index in [1.54, 1.807) is 18.2 Å². The van der Waals surface area contributed by atoms with Crippen molar-refractivity contribution in [1.82, 2.24) is 0 Å². The molecule has 11 nitrogen and oxygen atoms in total. The molecule has 0 spiro atoms. The number of rotatable bonds is 8. The van der Waals surface area contributed by atoms with Crippen LogP contribution in [0, 0.1) is 5.92 Å². The molecule has 0 bridgehead atoms. The minimum atomic E-state index is -1.56. The fourth-order valence-electron chi connectivity index (χ4n) is 4.99. The molecule has 0 unspecified atom stereocenters. The van der Waals surface area contributed by atoms with Gasteiger partial charge in [0, 0.05) is 11.5 Å². The Hall–Kier alpha value is -3.06. The van der Waals surface area contributed by atoms with Crippen molar-refractivity contribution < 1.29 is 54.1 Å². The van der Waals surface area contributed by atoms with E-state index in [2.05, 4.69) is 6.58 Å². The maximum atomic E-state index is 12.4. The molecule has 2 fully saturated rings. The number of hydrogen-bond donors (Lipinski definition) is 5. The second-order valence-corrected chi connectivity index (χ2v) is 10.3. The smallest absolute Gasteiger partial charge is 0.334 e. The summed E-state index contributed by atoms with van der Waals surface area (Å²) in [7, 11) is 0. The highest BCUT2D eigenvalue weighted by Gasteiger charge is 2.44. The van der Waals surface area contributed by atoms with E-state index in [-0.39, 0.29) is 31.3 Å². The van der Waals surface area contributed by atoms with Crippen molar-refractivity contribution in [2.24, 2.45) is 5.92 Å². The Labute approximate surface area is 231 Å². The minimum Gasteiger partial charge on any atom is -0.508 e. The molecular formula is C29H36O11. The molecule has 1 aromatic carbocycles. The number of phenols is 1. The molecule has 3 aliphatic rings. The van der Waals surface area contributed by atoms with E-state index in [1.807, 2.05) is 6.08 Å². The van der Waals surface area contributed by atoms with Crippen molar-refractivity contribution in [3.8, 4) is 5.75 Å². The Bertz CT molecular complexity index is 1120. The lowest BCUT2D eigenvalue weighted by molar-refractivity contribution is -0.299. The summed E-state index contributed by atoms with van der Waals surface area (Å²) in [6.07, 6.45) is -1.47. The third-order valence-corrected chi connectivity index (χ3v) is 7.41. The molecule has 2 heterocycles. The predicted octanol–water partition coefficient (Wildman–Crippen LogP) is 0.819. The van der Waals surface area contributed by atoms with Crippen LogP contribution in [0.1, 0.15) is 31.2 Å². The van der Waals surface area contributed by atoms with E-state index in [4.69, 9.17) is 18.9 Å². The Morgan fingerprint density at radius 2 is 1.77 bits per heavy atom. The Morgan fingerprint density at radius 3 is 2.50 bits per heavy atom. The van der Waals surface area contributed by atoms with Crippen molar-refractivity contribution in [2.45, 2.75) is 68.9 Å². The fraction of sp³-hybridized carbons (Fsp3) is 0.517. The first-order valence-electron chi connectivity index (χ1n) is 13.3. The molecule has 2 saturated heterocycles. The third kappa shape index (κ3) is 7.36. The Morgan fingerprint density at radius 1 is 1.02 bits per heavy atom. The van der Waals surface area contributed by atoms with Crippen LogP contribution in [0.25, 0.3) is 0 Å². The largest absolute Gasteiger partial charge is 0.508 e. The molecule has 5 N–H and O–H groups in total. The number of carbonyl (C=O) groups is 2. The molecule has 1 aliphatic carbocycles. The first-order chi connectivity index (χ1) is 19.2. The van der Waals surface area contributed by atoms with E-state index >= 15 is 0 Å². The molecule has 0 amide bonds. The van der Waals surface area contributed by atoms with Gasteiger partial charge in [-0.1, -0.05) is 24.8 Å². The summed E-state index contributed by atoms with van der Waals surface area (Å²) in [5.74, 6) is -1.06. The second-order valence-electron chi connectivity index (χ2n) is 10.3. The quantitative estimate of drug-likeness (QED) is 0.173. The molecule has 0 saturated carbocycles. The molecule has 7 atom stereocenters. The van der Waals surface area contributed by atoms with Gasteiger partial charge >= 0.3 is 11.9 Å². The lowest BCUT2D eigenvalue weighted by atomic mass is 9.88. The number of aromatic hydroxyl groups is 1. The zero-order valence-corrected chi connectivity index (χ0v) is 22.1.